The Kier molecular flexibility index (Phi) is 10.0. The number of carbonyl (C=O) groups is 3. The van der Waals surface area contributed by atoms with Crippen LogP contribution in [-0.2, 0) is 22.4 Å². The molecule has 0 saturated carbocycles. The maximum absolute atomic E-state index is 13.9. The van der Waals surface area contributed by atoms with Gasteiger partial charge >= 0.3 is 12.1 Å². The summed E-state index contributed by atoms with van der Waals surface area (Å²) in [5.74, 6) is -0.170. The van der Waals surface area contributed by atoms with E-state index in [0.717, 1.165) is 67.8 Å². The van der Waals surface area contributed by atoms with E-state index in [1.54, 1.807) is 22.3 Å². The van der Waals surface area contributed by atoms with Crippen molar-refractivity contribution in [2.75, 3.05) is 70.0 Å². The summed E-state index contributed by atoms with van der Waals surface area (Å²) in [6, 6.07) is 4.08. The molecule has 3 fully saturated rings. The number of likely N-dealkylation sites (tertiary alicyclic amines) is 2. The average Bonchev–Trinajstić information content (AvgIpc) is 3.43. The fourth-order valence-corrected chi connectivity index (χ4v) is 8.21. The molecule has 1 aromatic carbocycles. The second-order valence-electron chi connectivity index (χ2n) is 12.6. The molecule has 244 valence electrons. The van der Waals surface area contributed by atoms with Crippen LogP contribution >= 0.6 is 22.9 Å². The number of ether oxygens (including phenoxy) is 1. The number of nitrogens with zero attached hydrogens (tertiary/aromatic N) is 4. The number of nitrogens with two attached hydrogens (primary N) is 1. The van der Waals surface area contributed by atoms with Crippen LogP contribution in [0.25, 0.3) is 0 Å². The SMILES string of the molecule is Cc1cc(C[C@@H](OC(=O)N2CCC(N3CCc4cscc4NC3=O)CC2)C(=O)N2CCC(N3CCNCC3)CC2)cc(Cl)c1N. The van der Waals surface area contributed by atoms with E-state index in [1.165, 1.54) is 0 Å². The quantitative estimate of drug-likeness (QED) is 0.404. The van der Waals surface area contributed by atoms with Gasteiger partial charge in [-0.1, -0.05) is 17.7 Å². The van der Waals surface area contributed by atoms with Crippen LogP contribution in [0.4, 0.5) is 21.0 Å². The lowest BCUT2D eigenvalue weighted by atomic mass is 10.00. The van der Waals surface area contributed by atoms with Crippen molar-refractivity contribution in [1.29, 1.82) is 0 Å². The zero-order valence-electron chi connectivity index (χ0n) is 25.9. The van der Waals surface area contributed by atoms with Gasteiger partial charge < -0.3 is 35.8 Å². The van der Waals surface area contributed by atoms with Crippen molar-refractivity contribution in [2.45, 2.75) is 63.6 Å². The summed E-state index contributed by atoms with van der Waals surface area (Å²) in [5, 5.41) is 10.9. The molecule has 0 unspecified atom stereocenters. The monoisotopic (exact) mass is 657 g/mol. The highest BCUT2D eigenvalue weighted by atomic mass is 35.5. The molecular formula is C32H44ClN7O4S. The number of hydrogen-bond acceptors (Lipinski definition) is 8. The number of hydrogen-bond donors (Lipinski definition) is 3. The van der Waals surface area contributed by atoms with Crippen LogP contribution in [0.15, 0.2) is 22.9 Å². The van der Waals surface area contributed by atoms with Crippen LogP contribution < -0.4 is 16.4 Å². The molecule has 6 rings (SSSR count). The molecule has 4 amide bonds. The third kappa shape index (κ3) is 7.34. The topological polar surface area (TPSA) is 123 Å². The molecule has 1 atom stereocenters. The molecule has 4 N–H and O–H groups in total. The van der Waals surface area contributed by atoms with Crippen molar-refractivity contribution in [1.82, 2.24) is 24.9 Å². The molecule has 4 aliphatic rings. The number of halogens is 1. The number of benzene rings is 1. The molecule has 3 saturated heterocycles. The number of nitrogens with one attached hydrogen (secondary N) is 2. The second kappa shape index (κ2) is 14.1. The maximum Gasteiger partial charge on any atom is 0.410 e. The van der Waals surface area contributed by atoms with Gasteiger partial charge in [-0.15, -0.1) is 11.3 Å². The minimum absolute atomic E-state index is 0.0380. The van der Waals surface area contributed by atoms with Gasteiger partial charge in [0.25, 0.3) is 5.91 Å². The zero-order chi connectivity index (χ0) is 31.5. The van der Waals surface area contributed by atoms with Gasteiger partial charge in [-0.05, 0) is 67.2 Å². The predicted octanol–water partition coefficient (Wildman–Crippen LogP) is 3.79. The second-order valence-corrected chi connectivity index (χ2v) is 13.8. The van der Waals surface area contributed by atoms with Crippen LogP contribution in [0.5, 0.6) is 0 Å². The average molecular weight is 658 g/mol. The predicted molar refractivity (Wildman–Crippen MR) is 177 cm³/mol. The highest BCUT2D eigenvalue weighted by molar-refractivity contribution is 7.08. The number of amides is 4. The van der Waals surface area contributed by atoms with Crippen LogP contribution in [0.1, 0.15) is 42.4 Å². The standard InChI is InChI=1S/C32H44ClN7O4S/c1-21-16-22(17-26(33)29(21)34)18-28(30(41)38-9-3-24(4-10-38)37-14-7-35-8-15-37)44-32(43)39-11-5-25(6-12-39)40-13-2-23-19-45-20-27(23)36-31(40)42/h16-17,19-20,24-25,28,35H,2-15,18,34H2,1H3,(H,36,42)/t28-/m1/s1. The van der Waals surface area contributed by atoms with Crippen molar-refractivity contribution in [3.05, 3.63) is 44.6 Å². The first kappa shape index (κ1) is 31.9. The van der Waals surface area contributed by atoms with Gasteiger partial charge in [-0.25, -0.2) is 9.59 Å². The van der Waals surface area contributed by atoms with E-state index in [1.807, 2.05) is 28.2 Å². The van der Waals surface area contributed by atoms with Crippen molar-refractivity contribution in [3.63, 3.8) is 0 Å². The van der Waals surface area contributed by atoms with E-state index in [0.29, 0.717) is 62.3 Å². The van der Waals surface area contributed by atoms with Gasteiger partial charge in [-0.3, -0.25) is 9.69 Å². The number of nitrogen functional groups attached to an aromatic ring is 1. The van der Waals surface area contributed by atoms with Gasteiger partial charge in [0.2, 0.25) is 0 Å². The van der Waals surface area contributed by atoms with Crippen molar-refractivity contribution in [2.24, 2.45) is 0 Å². The summed E-state index contributed by atoms with van der Waals surface area (Å²) < 4.78 is 6.03. The smallest absolute Gasteiger partial charge is 0.410 e. The Morgan fingerprint density at radius 3 is 2.40 bits per heavy atom. The van der Waals surface area contributed by atoms with Crippen LogP contribution in [0.2, 0.25) is 5.02 Å². The van der Waals surface area contributed by atoms with Gasteiger partial charge in [0.05, 0.1) is 16.4 Å². The number of piperidine rings is 2. The minimum Gasteiger partial charge on any atom is -0.436 e. The minimum atomic E-state index is -0.972. The number of fused-ring (bicyclic) bond motifs is 1. The summed E-state index contributed by atoms with van der Waals surface area (Å²) in [4.78, 5) is 48.4. The van der Waals surface area contributed by atoms with Gasteiger partial charge in [-0.2, -0.15) is 0 Å². The number of piperazine rings is 1. The Labute approximate surface area is 274 Å². The summed E-state index contributed by atoms with van der Waals surface area (Å²) in [6.07, 6.45) is 2.68. The van der Waals surface area contributed by atoms with E-state index < -0.39 is 12.2 Å². The van der Waals surface area contributed by atoms with Crippen molar-refractivity contribution >= 4 is 52.3 Å². The Hall–Kier alpha value is -3.06. The summed E-state index contributed by atoms with van der Waals surface area (Å²) >= 11 is 7.99. The summed E-state index contributed by atoms with van der Waals surface area (Å²) in [6.45, 7) is 8.78. The number of thiophene rings is 1. The van der Waals surface area contributed by atoms with Gasteiger partial charge in [0, 0.05) is 82.8 Å². The lowest BCUT2D eigenvalue weighted by Gasteiger charge is -2.41. The third-order valence-corrected chi connectivity index (χ3v) is 10.9. The van der Waals surface area contributed by atoms with Crippen molar-refractivity contribution in [3.8, 4) is 0 Å². The molecule has 0 bridgehead atoms. The molecule has 5 heterocycles. The van der Waals surface area contributed by atoms with Crippen LogP contribution in [-0.4, -0.2) is 115 Å². The Bertz CT molecular complexity index is 1360. The Morgan fingerprint density at radius 1 is 1.00 bits per heavy atom. The lowest BCUT2D eigenvalue weighted by Crippen LogP contribution is -2.54. The molecule has 4 aliphatic heterocycles. The Morgan fingerprint density at radius 2 is 1.69 bits per heavy atom. The number of anilines is 2. The zero-order valence-corrected chi connectivity index (χ0v) is 27.5. The molecule has 0 aliphatic carbocycles. The van der Waals surface area contributed by atoms with Crippen LogP contribution in [0, 0.1) is 6.92 Å². The Balaban J connectivity index is 1.09. The summed E-state index contributed by atoms with van der Waals surface area (Å²) in [7, 11) is 0. The molecule has 13 heteroatoms. The maximum atomic E-state index is 13.9. The van der Waals surface area contributed by atoms with E-state index >= 15 is 0 Å². The molecule has 0 radical (unpaired) electrons. The molecule has 1 aromatic heterocycles. The van der Waals surface area contributed by atoms with E-state index in [4.69, 9.17) is 22.1 Å². The molecule has 11 nitrogen and oxygen atoms in total. The van der Waals surface area contributed by atoms with Crippen molar-refractivity contribution < 1.29 is 19.1 Å². The first-order valence-electron chi connectivity index (χ1n) is 16.1. The van der Waals surface area contributed by atoms with E-state index in [9.17, 15) is 14.4 Å². The molecule has 45 heavy (non-hydrogen) atoms. The first-order chi connectivity index (χ1) is 21.8. The number of aryl methyl sites for hydroxylation is 1. The fraction of sp³-hybridized carbons (Fsp3) is 0.594. The summed E-state index contributed by atoms with van der Waals surface area (Å²) in [5.41, 5.74) is 10.3. The number of rotatable bonds is 6. The molecule has 0 spiro atoms. The van der Waals surface area contributed by atoms with E-state index in [-0.39, 0.29) is 24.4 Å². The largest absolute Gasteiger partial charge is 0.436 e. The highest BCUT2D eigenvalue weighted by Gasteiger charge is 2.36. The number of carbonyl (C=O) groups excluding carboxylic acids is 3. The highest BCUT2D eigenvalue weighted by Crippen LogP contribution is 2.29. The van der Waals surface area contributed by atoms with Gasteiger partial charge in [0.1, 0.15) is 0 Å². The third-order valence-electron chi connectivity index (χ3n) is 9.81. The van der Waals surface area contributed by atoms with Gasteiger partial charge in [0.15, 0.2) is 6.10 Å². The molecule has 2 aromatic rings. The fourth-order valence-electron chi connectivity index (χ4n) is 7.10. The normalized spacial score (nSPS) is 21.2. The first-order valence-corrected chi connectivity index (χ1v) is 17.4. The van der Waals surface area contributed by atoms with Crippen LogP contribution in [0.3, 0.4) is 0 Å². The number of urea groups is 1. The molecular weight excluding hydrogens is 614 g/mol. The lowest BCUT2D eigenvalue weighted by molar-refractivity contribution is -0.142. The van der Waals surface area contributed by atoms with E-state index in [2.05, 4.69) is 20.9 Å².